The van der Waals surface area contributed by atoms with Crippen molar-refractivity contribution in [2.45, 2.75) is 0 Å². The van der Waals surface area contributed by atoms with Gasteiger partial charge in [0.05, 0.1) is 27.6 Å². The summed E-state index contributed by atoms with van der Waals surface area (Å²) in [5, 5.41) is 11.6. The Labute approximate surface area is 371 Å². The molecule has 0 aliphatic rings. The average Bonchev–Trinajstić information content (AvgIpc) is 4.07. The second-order valence-electron chi connectivity index (χ2n) is 16.6. The molecule has 14 aromatic rings. The minimum absolute atomic E-state index is 0.486. The van der Waals surface area contributed by atoms with Gasteiger partial charge in [-0.3, -0.25) is 4.57 Å². The van der Waals surface area contributed by atoms with Crippen LogP contribution in [0.5, 0.6) is 0 Å². The zero-order valence-electron chi connectivity index (χ0n) is 34.7. The minimum Gasteiger partial charge on any atom is -0.435 e. The van der Waals surface area contributed by atoms with E-state index in [1.54, 1.807) is 0 Å². The van der Waals surface area contributed by atoms with Gasteiger partial charge in [-0.05, 0) is 86.9 Å². The molecule has 0 saturated carbocycles. The van der Waals surface area contributed by atoms with E-state index in [9.17, 15) is 0 Å². The molecule has 0 saturated heterocycles. The summed E-state index contributed by atoms with van der Waals surface area (Å²) in [7, 11) is 0. The lowest BCUT2D eigenvalue weighted by atomic mass is 10.0. The SMILES string of the molecule is c1ccc(-c2nc3cccc(-c4nc(-c5ccc6ccccc6c5)nc(-n5c6ccccc6c6ccc7c8ccccc8n(-c8ccc9c(ccc%10ccccc%109)c8)c7c65)n4)c3o2)cc1. The second kappa shape index (κ2) is 13.8. The van der Waals surface area contributed by atoms with Crippen molar-refractivity contribution in [1.82, 2.24) is 29.1 Å². The molecule has 4 aromatic heterocycles. The topological polar surface area (TPSA) is 74.6 Å². The quantitative estimate of drug-likeness (QED) is 0.162. The summed E-state index contributed by atoms with van der Waals surface area (Å²) in [5.74, 6) is 2.07. The van der Waals surface area contributed by atoms with E-state index in [1.165, 1.54) is 26.9 Å². The van der Waals surface area contributed by atoms with E-state index in [1.807, 2.05) is 48.5 Å². The van der Waals surface area contributed by atoms with Crippen molar-refractivity contribution in [1.29, 1.82) is 0 Å². The van der Waals surface area contributed by atoms with Crippen LogP contribution in [0.1, 0.15) is 0 Å². The van der Waals surface area contributed by atoms with Gasteiger partial charge in [0.25, 0.3) is 0 Å². The predicted molar refractivity (Wildman–Crippen MR) is 265 cm³/mol. The third kappa shape index (κ3) is 5.42. The van der Waals surface area contributed by atoms with E-state index < -0.39 is 0 Å². The van der Waals surface area contributed by atoms with Gasteiger partial charge in [0.2, 0.25) is 11.8 Å². The Hall–Kier alpha value is -8.94. The van der Waals surface area contributed by atoms with Gasteiger partial charge in [-0.1, -0.05) is 152 Å². The number of nitrogens with zero attached hydrogens (tertiary/aromatic N) is 6. The number of para-hydroxylation sites is 3. The van der Waals surface area contributed by atoms with E-state index in [4.69, 9.17) is 24.4 Å². The zero-order valence-corrected chi connectivity index (χ0v) is 34.7. The molecule has 0 fully saturated rings. The first-order chi connectivity index (χ1) is 32.2. The molecule has 0 spiro atoms. The largest absolute Gasteiger partial charge is 0.435 e. The van der Waals surface area contributed by atoms with Crippen LogP contribution >= 0.6 is 0 Å². The molecule has 0 aliphatic heterocycles. The van der Waals surface area contributed by atoms with E-state index >= 15 is 0 Å². The van der Waals surface area contributed by atoms with E-state index in [0.29, 0.717) is 29.1 Å². The Morgan fingerprint density at radius 1 is 0.354 bits per heavy atom. The van der Waals surface area contributed by atoms with Gasteiger partial charge >= 0.3 is 0 Å². The minimum atomic E-state index is 0.486. The lowest BCUT2D eigenvalue weighted by Gasteiger charge is -2.14. The first kappa shape index (κ1) is 35.6. The monoisotopic (exact) mass is 830 g/mol. The predicted octanol–water partition coefficient (Wildman–Crippen LogP) is 14.7. The average molecular weight is 831 g/mol. The second-order valence-corrected chi connectivity index (χ2v) is 16.6. The van der Waals surface area contributed by atoms with Crippen LogP contribution in [-0.4, -0.2) is 29.1 Å². The first-order valence-electron chi connectivity index (χ1n) is 21.8. The molecule has 0 aliphatic carbocycles. The summed E-state index contributed by atoms with van der Waals surface area (Å²) < 4.78 is 11.3. The summed E-state index contributed by atoms with van der Waals surface area (Å²) in [6.07, 6.45) is 0. The molecule has 0 unspecified atom stereocenters. The molecule has 7 heteroatoms. The maximum absolute atomic E-state index is 6.60. The third-order valence-electron chi connectivity index (χ3n) is 13.0. The summed E-state index contributed by atoms with van der Waals surface area (Å²) >= 11 is 0. The van der Waals surface area contributed by atoms with E-state index in [0.717, 1.165) is 76.9 Å². The van der Waals surface area contributed by atoms with Crippen molar-refractivity contribution in [3.05, 3.63) is 206 Å². The Kier molecular flexibility index (Phi) is 7.55. The number of hydrogen-bond donors (Lipinski definition) is 0. The molecule has 302 valence electrons. The highest BCUT2D eigenvalue weighted by Crippen LogP contribution is 2.43. The lowest BCUT2D eigenvalue weighted by Crippen LogP contribution is -2.07. The highest BCUT2D eigenvalue weighted by Gasteiger charge is 2.25. The summed E-state index contributed by atoms with van der Waals surface area (Å²) in [6.45, 7) is 0. The lowest BCUT2D eigenvalue weighted by molar-refractivity contribution is 0.620. The number of benzene rings is 10. The molecule has 10 aromatic carbocycles. The molecule has 0 amide bonds. The molecule has 4 heterocycles. The van der Waals surface area contributed by atoms with Crippen molar-refractivity contribution in [3.8, 4) is 45.9 Å². The summed E-state index contributed by atoms with van der Waals surface area (Å²) in [5.41, 5.74) is 9.09. The Bertz CT molecular complexity index is 4260. The van der Waals surface area contributed by atoms with Gasteiger partial charge in [-0.2, -0.15) is 9.97 Å². The van der Waals surface area contributed by atoms with Gasteiger partial charge in [0.15, 0.2) is 17.2 Å². The van der Waals surface area contributed by atoms with Crippen LogP contribution in [0.25, 0.3) is 133 Å². The van der Waals surface area contributed by atoms with Gasteiger partial charge in [-0.25, -0.2) is 9.97 Å². The molecule has 0 bridgehead atoms. The van der Waals surface area contributed by atoms with Gasteiger partial charge < -0.3 is 8.98 Å². The molecular weight excluding hydrogens is 797 g/mol. The van der Waals surface area contributed by atoms with Crippen molar-refractivity contribution < 1.29 is 4.42 Å². The number of oxazole rings is 1. The standard InChI is InChI=1S/C58H34N6O/c1-2-15-37(16-3-1)57-59-49-22-12-21-48(54(49)65-57)56-60-55(40-28-25-35-13-4-5-17-38(35)33-40)61-58(62-56)64-51-24-11-9-20-45(51)47-32-31-46-44-19-8-10-23-50(44)63(52(46)53(47)64)41-29-30-43-39(34-41)27-26-36-14-6-7-18-42(36)43/h1-34H. The molecule has 0 atom stereocenters. The molecular formula is C58H34N6O. The van der Waals surface area contributed by atoms with Crippen LogP contribution in [-0.2, 0) is 0 Å². The van der Waals surface area contributed by atoms with Crippen molar-refractivity contribution in [2.24, 2.45) is 0 Å². The zero-order chi connectivity index (χ0) is 42.6. The molecule has 0 radical (unpaired) electrons. The van der Waals surface area contributed by atoms with Crippen LogP contribution in [0.3, 0.4) is 0 Å². The summed E-state index contributed by atoms with van der Waals surface area (Å²) in [6, 6.07) is 72.4. The fourth-order valence-electron chi connectivity index (χ4n) is 9.99. The van der Waals surface area contributed by atoms with E-state index in [-0.39, 0.29) is 0 Å². The Morgan fingerprint density at radius 2 is 0.969 bits per heavy atom. The van der Waals surface area contributed by atoms with Gasteiger partial charge in [0, 0.05) is 38.4 Å². The molecule has 7 nitrogen and oxygen atoms in total. The Morgan fingerprint density at radius 3 is 1.78 bits per heavy atom. The number of fused-ring (bicyclic) bond motifs is 12. The molecule has 0 N–H and O–H groups in total. The van der Waals surface area contributed by atoms with E-state index in [2.05, 4.69) is 167 Å². The normalized spacial score (nSPS) is 12.0. The van der Waals surface area contributed by atoms with Crippen molar-refractivity contribution in [2.75, 3.05) is 0 Å². The number of rotatable bonds is 5. The van der Waals surface area contributed by atoms with Crippen LogP contribution in [0.15, 0.2) is 211 Å². The van der Waals surface area contributed by atoms with Crippen LogP contribution in [0.4, 0.5) is 0 Å². The molecule has 65 heavy (non-hydrogen) atoms. The number of hydrogen-bond acceptors (Lipinski definition) is 5. The Balaban J connectivity index is 1.09. The molecule has 14 rings (SSSR count). The summed E-state index contributed by atoms with van der Waals surface area (Å²) in [4.78, 5) is 21.1. The smallest absolute Gasteiger partial charge is 0.238 e. The van der Waals surface area contributed by atoms with Gasteiger partial charge in [-0.15, -0.1) is 0 Å². The van der Waals surface area contributed by atoms with Crippen LogP contribution in [0, 0.1) is 0 Å². The maximum Gasteiger partial charge on any atom is 0.238 e. The van der Waals surface area contributed by atoms with Crippen LogP contribution in [0.2, 0.25) is 0 Å². The fraction of sp³-hybridized carbons (Fsp3) is 0. The first-order valence-corrected chi connectivity index (χ1v) is 21.8. The van der Waals surface area contributed by atoms with Crippen molar-refractivity contribution >= 4 is 87.0 Å². The van der Waals surface area contributed by atoms with Crippen molar-refractivity contribution in [3.63, 3.8) is 0 Å². The van der Waals surface area contributed by atoms with Gasteiger partial charge in [0.1, 0.15) is 5.52 Å². The highest BCUT2D eigenvalue weighted by atomic mass is 16.3. The fourth-order valence-corrected chi connectivity index (χ4v) is 9.99. The van der Waals surface area contributed by atoms with Crippen LogP contribution < -0.4 is 0 Å². The highest BCUT2D eigenvalue weighted by molar-refractivity contribution is 6.24. The third-order valence-corrected chi connectivity index (χ3v) is 13.0. The maximum atomic E-state index is 6.60. The number of aromatic nitrogens is 6.